The Morgan fingerprint density at radius 2 is 1.94 bits per heavy atom. The third-order valence-electron chi connectivity index (χ3n) is 3.64. The number of carbonyl (C=O) groups is 2. The molecule has 2 fully saturated rings. The average molecular weight is 240 g/mol. The lowest BCUT2D eigenvalue weighted by Crippen LogP contribution is -2.48. The number of rotatable bonds is 2. The minimum atomic E-state index is -0.249. The Bertz CT molecular complexity index is 300. The molecule has 0 aromatic heterocycles. The summed E-state index contributed by atoms with van der Waals surface area (Å²) in [4.78, 5) is 25.4. The van der Waals surface area contributed by atoms with Crippen LogP contribution in [0, 0.1) is 0 Å². The third kappa shape index (κ3) is 2.77. The van der Waals surface area contributed by atoms with E-state index in [0.717, 1.165) is 25.7 Å². The second-order valence-corrected chi connectivity index (χ2v) is 4.80. The molecule has 5 nitrogen and oxygen atoms in total. The lowest BCUT2D eigenvalue weighted by molar-refractivity contribution is -0.132. The van der Waals surface area contributed by atoms with Crippen LogP contribution < -0.4 is 5.32 Å². The van der Waals surface area contributed by atoms with Crippen molar-refractivity contribution in [1.82, 2.24) is 10.2 Å². The molecule has 0 aromatic carbocycles. The number of urea groups is 1. The molecule has 1 heterocycles. The molecule has 1 aliphatic carbocycles. The first-order chi connectivity index (χ1) is 8.22. The number of ether oxygens (including phenoxy) is 1. The van der Waals surface area contributed by atoms with E-state index < -0.39 is 0 Å². The van der Waals surface area contributed by atoms with E-state index in [-0.39, 0.29) is 24.1 Å². The van der Waals surface area contributed by atoms with Gasteiger partial charge in [-0.15, -0.1) is 0 Å². The fraction of sp³-hybridized carbons (Fsp3) is 0.833. The molecule has 1 aliphatic heterocycles. The van der Waals surface area contributed by atoms with Crippen LogP contribution in [-0.4, -0.2) is 42.6 Å². The molecule has 0 bridgehead atoms. The Labute approximate surface area is 101 Å². The van der Waals surface area contributed by atoms with Gasteiger partial charge in [-0.3, -0.25) is 9.69 Å². The molecule has 1 N–H and O–H groups in total. The first kappa shape index (κ1) is 12.4. The molecule has 17 heavy (non-hydrogen) atoms. The lowest BCUT2D eigenvalue weighted by Gasteiger charge is -2.31. The highest BCUT2D eigenvalue weighted by atomic mass is 16.5. The van der Waals surface area contributed by atoms with Gasteiger partial charge in [-0.2, -0.15) is 0 Å². The zero-order chi connectivity index (χ0) is 12.3. The van der Waals surface area contributed by atoms with Crippen molar-refractivity contribution in [1.29, 1.82) is 0 Å². The highest BCUT2D eigenvalue weighted by Crippen LogP contribution is 2.24. The minimum Gasteiger partial charge on any atom is -0.379 e. The second-order valence-electron chi connectivity index (χ2n) is 4.80. The topological polar surface area (TPSA) is 58.6 Å². The van der Waals surface area contributed by atoms with Gasteiger partial charge in [0.15, 0.2) is 0 Å². The summed E-state index contributed by atoms with van der Waals surface area (Å²) in [6, 6.07) is -0.159. The van der Waals surface area contributed by atoms with Crippen molar-refractivity contribution in [2.24, 2.45) is 0 Å². The van der Waals surface area contributed by atoms with E-state index in [0.29, 0.717) is 13.0 Å². The second kappa shape index (κ2) is 5.49. The summed E-state index contributed by atoms with van der Waals surface area (Å²) in [5, 5.41) is 2.76. The normalized spacial score (nSPS) is 27.8. The van der Waals surface area contributed by atoms with Crippen LogP contribution >= 0.6 is 0 Å². The van der Waals surface area contributed by atoms with Gasteiger partial charge < -0.3 is 10.1 Å². The lowest BCUT2D eigenvalue weighted by atomic mass is 9.94. The zero-order valence-electron chi connectivity index (χ0n) is 10.3. The van der Waals surface area contributed by atoms with E-state index in [1.54, 1.807) is 7.11 Å². The summed E-state index contributed by atoms with van der Waals surface area (Å²) in [5.41, 5.74) is 0. The van der Waals surface area contributed by atoms with Crippen LogP contribution in [0.5, 0.6) is 0 Å². The van der Waals surface area contributed by atoms with Crippen molar-refractivity contribution in [2.75, 3.05) is 13.7 Å². The summed E-state index contributed by atoms with van der Waals surface area (Å²) >= 11 is 0. The Morgan fingerprint density at radius 1 is 1.24 bits per heavy atom. The Kier molecular flexibility index (Phi) is 3.99. The van der Waals surface area contributed by atoms with Gasteiger partial charge in [-0.05, 0) is 12.8 Å². The Balaban J connectivity index is 2.07. The predicted octanol–water partition coefficient (Wildman–Crippen LogP) is 1.28. The van der Waals surface area contributed by atoms with Gasteiger partial charge in [0.1, 0.15) is 0 Å². The molecule has 0 aromatic rings. The molecular formula is C12H20N2O3. The van der Waals surface area contributed by atoms with E-state index in [2.05, 4.69) is 5.32 Å². The third-order valence-corrected chi connectivity index (χ3v) is 3.64. The minimum absolute atomic E-state index is 0.0897. The number of nitrogens with one attached hydrogen (secondary N) is 1. The Morgan fingerprint density at radius 3 is 2.59 bits per heavy atom. The molecular weight excluding hydrogens is 220 g/mol. The molecule has 1 atom stereocenters. The van der Waals surface area contributed by atoms with E-state index in [1.165, 1.54) is 11.3 Å². The van der Waals surface area contributed by atoms with Crippen molar-refractivity contribution in [3.8, 4) is 0 Å². The molecule has 3 amide bonds. The van der Waals surface area contributed by atoms with E-state index in [1.807, 2.05) is 0 Å². The summed E-state index contributed by atoms with van der Waals surface area (Å²) in [7, 11) is 1.57. The van der Waals surface area contributed by atoms with E-state index in [4.69, 9.17) is 4.74 Å². The molecule has 1 saturated carbocycles. The molecule has 1 unspecified atom stereocenters. The smallest absolute Gasteiger partial charge is 0.324 e. The van der Waals surface area contributed by atoms with Gasteiger partial charge >= 0.3 is 6.03 Å². The van der Waals surface area contributed by atoms with Crippen molar-refractivity contribution in [2.45, 2.75) is 50.7 Å². The first-order valence-electron chi connectivity index (χ1n) is 6.35. The highest BCUT2D eigenvalue weighted by molar-refractivity contribution is 5.96. The predicted molar refractivity (Wildman–Crippen MR) is 62.5 cm³/mol. The monoisotopic (exact) mass is 240 g/mol. The van der Waals surface area contributed by atoms with Crippen molar-refractivity contribution >= 4 is 11.9 Å². The summed E-state index contributed by atoms with van der Waals surface area (Å²) < 4.78 is 5.16. The molecule has 2 rings (SSSR count). The van der Waals surface area contributed by atoms with Gasteiger partial charge in [0.05, 0.1) is 12.5 Å². The molecule has 96 valence electrons. The fourth-order valence-corrected chi connectivity index (χ4v) is 2.64. The summed E-state index contributed by atoms with van der Waals surface area (Å²) in [6.07, 6.45) is 5.41. The van der Waals surface area contributed by atoms with Crippen molar-refractivity contribution < 1.29 is 14.3 Å². The van der Waals surface area contributed by atoms with Crippen LogP contribution in [0.15, 0.2) is 0 Å². The van der Waals surface area contributed by atoms with Crippen LogP contribution in [-0.2, 0) is 9.53 Å². The van der Waals surface area contributed by atoms with Gasteiger partial charge in [-0.25, -0.2) is 4.79 Å². The number of nitrogens with zero attached hydrogens (tertiary/aromatic N) is 1. The van der Waals surface area contributed by atoms with Gasteiger partial charge in [0.25, 0.3) is 0 Å². The fourth-order valence-electron chi connectivity index (χ4n) is 2.64. The number of methoxy groups -OCH3 is 1. The van der Waals surface area contributed by atoms with Crippen LogP contribution in [0.1, 0.15) is 38.5 Å². The van der Waals surface area contributed by atoms with Gasteiger partial charge in [0.2, 0.25) is 5.91 Å². The Hall–Kier alpha value is -1.10. The van der Waals surface area contributed by atoms with E-state index in [9.17, 15) is 9.59 Å². The largest absolute Gasteiger partial charge is 0.379 e. The van der Waals surface area contributed by atoms with Crippen LogP contribution in [0.2, 0.25) is 0 Å². The average Bonchev–Trinajstić information content (AvgIpc) is 2.49. The number of hydrogen-bond acceptors (Lipinski definition) is 3. The van der Waals surface area contributed by atoms with Gasteiger partial charge in [-0.1, -0.05) is 19.3 Å². The van der Waals surface area contributed by atoms with Gasteiger partial charge in [0, 0.05) is 19.7 Å². The van der Waals surface area contributed by atoms with Crippen molar-refractivity contribution in [3.63, 3.8) is 0 Å². The summed E-state index contributed by atoms with van der Waals surface area (Å²) in [6.45, 7) is 0.421. The SMILES string of the molecule is COC1CNC(=O)N(C2CCCCC2)C(=O)C1. The maximum Gasteiger partial charge on any atom is 0.324 e. The maximum atomic E-state index is 12.1. The maximum absolute atomic E-state index is 12.1. The summed E-state index contributed by atoms with van der Waals surface area (Å²) in [5.74, 6) is -0.0984. The first-order valence-corrected chi connectivity index (χ1v) is 6.35. The number of hydrogen-bond donors (Lipinski definition) is 1. The molecule has 5 heteroatoms. The van der Waals surface area contributed by atoms with Crippen LogP contribution in [0.3, 0.4) is 0 Å². The standard InChI is InChI=1S/C12H20N2O3/c1-17-10-7-11(15)14(12(16)13-8-10)9-5-3-2-4-6-9/h9-10H,2-8H2,1H3,(H,13,16). The molecule has 0 spiro atoms. The number of amides is 3. The van der Waals surface area contributed by atoms with Crippen molar-refractivity contribution in [3.05, 3.63) is 0 Å². The molecule has 0 radical (unpaired) electrons. The van der Waals surface area contributed by atoms with Crippen LogP contribution in [0.25, 0.3) is 0 Å². The quantitative estimate of drug-likeness (QED) is 0.791. The highest BCUT2D eigenvalue weighted by Gasteiger charge is 2.34. The molecule has 2 aliphatic rings. The number of carbonyl (C=O) groups excluding carboxylic acids is 2. The zero-order valence-corrected chi connectivity index (χ0v) is 10.3. The molecule has 1 saturated heterocycles. The van der Waals surface area contributed by atoms with Crippen LogP contribution in [0.4, 0.5) is 4.79 Å². The van der Waals surface area contributed by atoms with E-state index >= 15 is 0 Å². The number of imide groups is 1.